The van der Waals surface area contributed by atoms with Crippen LogP contribution in [0.5, 0.6) is 0 Å². The summed E-state index contributed by atoms with van der Waals surface area (Å²) in [5.41, 5.74) is 13.4. The van der Waals surface area contributed by atoms with Gasteiger partial charge >= 0.3 is 0 Å². The second-order valence-corrected chi connectivity index (χ2v) is 11.6. The molecule has 1 aliphatic carbocycles. The number of furan rings is 2. The van der Waals surface area contributed by atoms with Gasteiger partial charge in [0, 0.05) is 40.3 Å². The Morgan fingerprint density at radius 3 is 1.65 bits per heavy atom. The zero-order chi connectivity index (χ0) is 30.2. The van der Waals surface area contributed by atoms with Crippen LogP contribution in [-0.2, 0) is 0 Å². The Bertz CT molecular complexity index is 2050. The van der Waals surface area contributed by atoms with Gasteiger partial charge in [0.05, 0.1) is 11.0 Å². The molecule has 7 rings (SSSR count). The second-order valence-electron chi connectivity index (χ2n) is 11.6. The first-order valence-corrected chi connectivity index (χ1v) is 14.4. The third kappa shape index (κ3) is 4.23. The smallest absolute Gasteiger partial charge is 0.197 e. The van der Waals surface area contributed by atoms with Gasteiger partial charge in [-0.15, -0.1) is 0 Å². The van der Waals surface area contributed by atoms with E-state index in [1.807, 2.05) is 12.1 Å². The number of carbonyl (C=O) groups is 2. The molecule has 212 valence electrons. The quantitative estimate of drug-likeness (QED) is 0.157. The minimum absolute atomic E-state index is 0.104. The van der Waals surface area contributed by atoms with Crippen LogP contribution in [0, 0.1) is 41.5 Å². The van der Waals surface area contributed by atoms with E-state index in [2.05, 4.69) is 76.8 Å². The zero-order valence-corrected chi connectivity index (χ0v) is 25.1. The van der Waals surface area contributed by atoms with E-state index in [0.29, 0.717) is 33.6 Å². The number of nitrogens with zero attached hydrogens (tertiary/aromatic N) is 1. The molecule has 1 aliphatic rings. The summed E-state index contributed by atoms with van der Waals surface area (Å²) in [5, 5.41) is 0.822. The number of allylic oxidation sites excluding steroid dienone is 1. The number of carbonyl (C=O) groups excluding carboxylic acids is 2. The Hall–Kier alpha value is -5.16. The number of Topliss-reactive ketones (excluding diaryl/α,β-unsaturated/α-hetero) is 2. The van der Waals surface area contributed by atoms with Gasteiger partial charge in [-0.1, -0.05) is 24.3 Å². The topological polar surface area (TPSA) is 63.7 Å². The van der Waals surface area contributed by atoms with Crippen molar-refractivity contribution >= 4 is 56.8 Å². The first kappa shape index (κ1) is 26.7. The molecule has 5 heteroatoms. The molecule has 2 aromatic heterocycles. The van der Waals surface area contributed by atoms with Crippen LogP contribution in [0.25, 0.3) is 28.2 Å². The van der Waals surface area contributed by atoms with Gasteiger partial charge < -0.3 is 13.7 Å². The molecule has 4 aromatic carbocycles. The van der Waals surface area contributed by atoms with Crippen molar-refractivity contribution in [3.63, 3.8) is 0 Å². The first-order chi connectivity index (χ1) is 20.6. The molecule has 0 atom stereocenters. The van der Waals surface area contributed by atoms with Crippen molar-refractivity contribution in [3.05, 3.63) is 129 Å². The molecule has 43 heavy (non-hydrogen) atoms. The van der Waals surface area contributed by atoms with Crippen LogP contribution in [0.1, 0.15) is 59.9 Å². The Balaban J connectivity index is 1.32. The average molecular weight is 566 g/mol. The van der Waals surface area contributed by atoms with Crippen molar-refractivity contribution in [2.24, 2.45) is 0 Å². The second kappa shape index (κ2) is 9.70. The van der Waals surface area contributed by atoms with Crippen molar-refractivity contribution < 1.29 is 18.4 Å². The molecule has 2 heterocycles. The molecule has 0 saturated carbocycles. The number of fused-ring (bicyclic) bond motifs is 4. The summed E-state index contributed by atoms with van der Waals surface area (Å²) >= 11 is 0. The highest BCUT2D eigenvalue weighted by molar-refractivity contribution is 6.41. The number of anilines is 3. The fourth-order valence-electron chi connectivity index (χ4n) is 6.04. The molecule has 0 amide bonds. The fourth-order valence-corrected chi connectivity index (χ4v) is 6.04. The predicted molar refractivity (Wildman–Crippen MR) is 172 cm³/mol. The molecular weight excluding hydrogens is 534 g/mol. The Labute approximate surface area is 250 Å². The van der Waals surface area contributed by atoms with Crippen LogP contribution >= 0.6 is 0 Å². The molecule has 0 aliphatic heterocycles. The van der Waals surface area contributed by atoms with Crippen LogP contribution in [0.3, 0.4) is 0 Å². The summed E-state index contributed by atoms with van der Waals surface area (Å²) in [7, 11) is 0. The van der Waals surface area contributed by atoms with E-state index >= 15 is 0 Å². The van der Waals surface area contributed by atoms with Crippen molar-refractivity contribution in [2.75, 3.05) is 4.90 Å². The number of rotatable bonds is 4. The molecule has 5 nitrogen and oxygen atoms in total. The lowest BCUT2D eigenvalue weighted by Crippen LogP contribution is -2.12. The van der Waals surface area contributed by atoms with Gasteiger partial charge in [0.1, 0.15) is 11.3 Å². The average Bonchev–Trinajstić information content (AvgIpc) is 3.60. The van der Waals surface area contributed by atoms with Crippen LogP contribution in [0.2, 0.25) is 0 Å². The third-order valence-electron chi connectivity index (χ3n) is 8.94. The maximum absolute atomic E-state index is 12.9. The molecule has 0 spiro atoms. The van der Waals surface area contributed by atoms with E-state index in [1.54, 1.807) is 30.3 Å². The summed E-state index contributed by atoms with van der Waals surface area (Å²) in [5.74, 6) is -0.167. The lowest BCUT2D eigenvalue weighted by atomic mass is 10.00. The summed E-state index contributed by atoms with van der Waals surface area (Å²) < 4.78 is 12.4. The maximum atomic E-state index is 12.9. The zero-order valence-electron chi connectivity index (χ0n) is 25.1. The highest BCUT2D eigenvalue weighted by Gasteiger charge is 2.33. The molecular formula is C38H31NO4. The van der Waals surface area contributed by atoms with Crippen LogP contribution in [-0.4, -0.2) is 11.6 Å². The van der Waals surface area contributed by atoms with Gasteiger partial charge in [-0.3, -0.25) is 9.59 Å². The summed E-state index contributed by atoms with van der Waals surface area (Å²) in [4.78, 5) is 28.0. The van der Waals surface area contributed by atoms with Gasteiger partial charge in [-0.2, -0.15) is 0 Å². The van der Waals surface area contributed by atoms with E-state index < -0.39 is 0 Å². The largest absolute Gasteiger partial charge is 0.452 e. The van der Waals surface area contributed by atoms with Crippen molar-refractivity contribution in [1.29, 1.82) is 0 Å². The van der Waals surface area contributed by atoms with E-state index in [9.17, 15) is 9.59 Å². The van der Waals surface area contributed by atoms with Crippen LogP contribution in [0.15, 0.2) is 87.2 Å². The fraction of sp³-hybridized carbons (Fsp3) is 0.158. The van der Waals surface area contributed by atoms with Crippen LogP contribution in [0.4, 0.5) is 17.1 Å². The van der Waals surface area contributed by atoms with E-state index in [4.69, 9.17) is 8.83 Å². The standard InChI is InChI=1S/C38H31NO4/c1-20-13-27(14-21(2)24(20)5)39(28-15-22(3)25(6)23(4)16-28)26-11-12-32-34(17-26)43-35-19-29(42-38(32)35)18-33-36(40)30-9-7-8-10-31(30)37(33)41/h7-19H,1-6H3. The van der Waals surface area contributed by atoms with Crippen molar-refractivity contribution in [2.45, 2.75) is 41.5 Å². The highest BCUT2D eigenvalue weighted by atomic mass is 16.4. The molecule has 6 aromatic rings. The maximum Gasteiger partial charge on any atom is 0.197 e. The number of benzene rings is 4. The minimum Gasteiger partial charge on any atom is -0.452 e. The molecule has 0 N–H and O–H groups in total. The molecule has 0 fully saturated rings. The Kier molecular flexibility index (Phi) is 6.03. The van der Waals surface area contributed by atoms with Gasteiger partial charge in [-0.05, 0) is 117 Å². The predicted octanol–water partition coefficient (Wildman–Crippen LogP) is 9.96. The molecule has 0 radical (unpaired) electrons. The third-order valence-corrected chi connectivity index (χ3v) is 8.94. The summed E-state index contributed by atoms with van der Waals surface area (Å²) in [6.45, 7) is 12.9. The Morgan fingerprint density at radius 2 is 1.12 bits per heavy atom. The van der Waals surface area contributed by atoms with E-state index in [0.717, 1.165) is 22.4 Å². The number of aryl methyl sites for hydroxylation is 4. The van der Waals surface area contributed by atoms with Gasteiger partial charge in [0.25, 0.3) is 0 Å². The minimum atomic E-state index is -0.286. The van der Waals surface area contributed by atoms with Crippen molar-refractivity contribution in [3.8, 4) is 0 Å². The van der Waals surface area contributed by atoms with Gasteiger partial charge in [-0.25, -0.2) is 0 Å². The normalized spacial score (nSPS) is 12.9. The monoisotopic (exact) mass is 565 g/mol. The Morgan fingerprint density at radius 1 is 0.581 bits per heavy atom. The van der Waals surface area contributed by atoms with Crippen LogP contribution < -0.4 is 4.90 Å². The number of hydrogen-bond donors (Lipinski definition) is 0. The first-order valence-electron chi connectivity index (χ1n) is 14.4. The number of ketones is 2. The lowest BCUT2D eigenvalue weighted by molar-refractivity contribution is 0.0990. The van der Waals surface area contributed by atoms with Gasteiger partial charge in [0.2, 0.25) is 0 Å². The molecule has 0 bridgehead atoms. The summed E-state index contributed by atoms with van der Waals surface area (Å²) in [6, 6.07) is 23.7. The molecule has 0 unspecified atom stereocenters. The SMILES string of the molecule is Cc1cc(N(c2cc(C)c(C)c(C)c2)c2ccc3c(c2)oc2cc(C=C4C(=O)c5ccccc5C4=O)oc23)cc(C)c1C. The van der Waals surface area contributed by atoms with Crippen molar-refractivity contribution in [1.82, 2.24) is 0 Å². The lowest BCUT2D eigenvalue weighted by Gasteiger charge is -2.28. The van der Waals surface area contributed by atoms with E-state index in [1.165, 1.54) is 39.5 Å². The summed E-state index contributed by atoms with van der Waals surface area (Å²) in [6.07, 6.45) is 1.52. The molecule has 0 saturated heterocycles. The highest BCUT2D eigenvalue weighted by Crippen LogP contribution is 2.41. The van der Waals surface area contributed by atoms with E-state index in [-0.39, 0.29) is 17.1 Å². The van der Waals surface area contributed by atoms with Gasteiger partial charge in [0.15, 0.2) is 22.7 Å². The number of hydrogen-bond acceptors (Lipinski definition) is 5.